The van der Waals surface area contributed by atoms with Gasteiger partial charge in [-0.1, -0.05) is 0 Å². The fourth-order valence-electron chi connectivity index (χ4n) is 2.65. The lowest BCUT2D eigenvalue weighted by Gasteiger charge is -2.22. The highest BCUT2D eigenvalue weighted by atomic mass is 15.1. The van der Waals surface area contributed by atoms with Crippen LogP contribution >= 0.6 is 0 Å². The van der Waals surface area contributed by atoms with E-state index >= 15 is 0 Å². The summed E-state index contributed by atoms with van der Waals surface area (Å²) < 4.78 is 0. The summed E-state index contributed by atoms with van der Waals surface area (Å²) in [4.78, 5) is 17.7. The van der Waals surface area contributed by atoms with Gasteiger partial charge >= 0.3 is 0 Å². The van der Waals surface area contributed by atoms with Gasteiger partial charge in [-0.05, 0) is 45.8 Å². The highest BCUT2D eigenvalue weighted by Gasteiger charge is 2.17. The molecule has 0 unspecified atom stereocenters. The third-order valence-electron chi connectivity index (χ3n) is 3.63. The van der Waals surface area contributed by atoms with Crippen molar-refractivity contribution in [3.05, 3.63) is 35.5 Å². The summed E-state index contributed by atoms with van der Waals surface area (Å²) in [6, 6.07) is 1.95. The van der Waals surface area contributed by atoms with Gasteiger partial charge in [0.05, 0.1) is 11.9 Å². The molecule has 0 radical (unpaired) electrons. The molecule has 0 aromatic carbocycles. The molecule has 0 spiro atoms. The summed E-state index contributed by atoms with van der Waals surface area (Å²) in [6.45, 7) is 6.00. The molecule has 3 rings (SSSR count). The zero-order valence-electron chi connectivity index (χ0n) is 12.4. The normalized spacial score (nSPS) is 15.9. The largest absolute Gasteiger partial charge is 0.317 e. The molecule has 21 heavy (non-hydrogen) atoms. The number of hydrogen-bond acceptors (Lipinski definition) is 6. The van der Waals surface area contributed by atoms with Crippen molar-refractivity contribution in [1.29, 1.82) is 0 Å². The minimum absolute atomic E-state index is 0.487. The van der Waals surface area contributed by atoms with E-state index in [1.807, 2.05) is 26.1 Å². The quantitative estimate of drug-likeness (QED) is 0.899. The number of aromatic nitrogens is 4. The lowest BCUT2D eigenvalue weighted by molar-refractivity contribution is 0.452. The molecule has 1 saturated heterocycles. The molecule has 2 aromatic rings. The number of anilines is 2. The maximum Gasteiger partial charge on any atom is 0.228 e. The molecule has 0 saturated carbocycles. The Labute approximate surface area is 124 Å². The molecule has 6 heteroatoms. The third kappa shape index (κ3) is 3.52. The molecule has 1 aliphatic heterocycles. The number of rotatable bonds is 3. The summed E-state index contributed by atoms with van der Waals surface area (Å²) in [5, 5.41) is 6.52. The molecule has 6 nitrogen and oxygen atoms in total. The minimum atomic E-state index is 0.487. The summed E-state index contributed by atoms with van der Waals surface area (Å²) in [5.41, 5.74) is 2.92. The Morgan fingerprint density at radius 2 is 1.76 bits per heavy atom. The number of piperidine rings is 1. The maximum absolute atomic E-state index is 4.67. The molecular weight excluding hydrogens is 264 g/mol. The Hall–Kier alpha value is -2.08. The van der Waals surface area contributed by atoms with E-state index in [2.05, 4.69) is 30.6 Å². The first kappa shape index (κ1) is 13.9. The van der Waals surface area contributed by atoms with E-state index in [0.717, 1.165) is 43.0 Å². The van der Waals surface area contributed by atoms with Crippen LogP contribution < -0.4 is 10.6 Å². The standard InChI is InChI=1S/C15H20N6/c1-10-7-11(2)19-15(18-10)21-14-9-17-8-13(20-14)12-3-5-16-6-4-12/h7-9,12,16H,3-6H2,1-2H3,(H,18,19,20,21). The average molecular weight is 284 g/mol. The van der Waals surface area contributed by atoms with Crippen molar-refractivity contribution in [2.45, 2.75) is 32.6 Å². The second-order valence-electron chi connectivity index (χ2n) is 5.45. The van der Waals surface area contributed by atoms with Crippen LogP contribution in [0.25, 0.3) is 0 Å². The van der Waals surface area contributed by atoms with Gasteiger partial charge in [-0.3, -0.25) is 4.98 Å². The van der Waals surface area contributed by atoms with E-state index in [4.69, 9.17) is 0 Å². The number of nitrogens with zero attached hydrogens (tertiary/aromatic N) is 4. The molecular formula is C15H20N6. The third-order valence-corrected chi connectivity index (χ3v) is 3.63. The molecule has 110 valence electrons. The van der Waals surface area contributed by atoms with Crippen LogP contribution in [0.15, 0.2) is 18.5 Å². The van der Waals surface area contributed by atoms with Gasteiger partial charge in [0.1, 0.15) is 0 Å². The first-order valence-corrected chi connectivity index (χ1v) is 7.33. The number of hydrogen-bond donors (Lipinski definition) is 2. The molecule has 2 aromatic heterocycles. The van der Waals surface area contributed by atoms with Gasteiger partial charge in [0.15, 0.2) is 5.82 Å². The lowest BCUT2D eigenvalue weighted by Crippen LogP contribution is -2.27. The van der Waals surface area contributed by atoms with Crippen LogP contribution in [0, 0.1) is 13.8 Å². The van der Waals surface area contributed by atoms with Crippen LogP contribution in [0.2, 0.25) is 0 Å². The van der Waals surface area contributed by atoms with Gasteiger partial charge in [-0.25, -0.2) is 15.0 Å². The highest BCUT2D eigenvalue weighted by molar-refractivity contribution is 5.46. The van der Waals surface area contributed by atoms with Crippen molar-refractivity contribution >= 4 is 11.8 Å². The molecule has 0 bridgehead atoms. The first-order chi connectivity index (χ1) is 10.2. The predicted molar refractivity (Wildman–Crippen MR) is 81.7 cm³/mol. The van der Waals surface area contributed by atoms with E-state index in [9.17, 15) is 0 Å². The second-order valence-corrected chi connectivity index (χ2v) is 5.45. The number of aryl methyl sites for hydroxylation is 2. The monoisotopic (exact) mass is 284 g/mol. The molecule has 1 fully saturated rings. The van der Waals surface area contributed by atoms with Gasteiger partial charge in [0.2, 0.25) is 5.95 Å². The molecule has 1 aliphatic rings. The van der Waals surface area contributed by atoms with E-state index in [1.165, 1.54) is 0 Å². The molecule has 0 amide bonds. The minimum Gasteiger partial charge on any atom is -0.317 e. The summed E-state index contributed by atoms with van der Waals surface area (Å²) >= 11 is 0. The molecule has 0 aliphatic carbocycles. The number of nitrogens with one attached hydrogen (secondary N) is 2. The average Bonchev–Trinajstić information content (AvgIpc) is 2.47. The Balaban J connectivity index is 1.79. The summed E-state index contributed by atoms with van der Waals surface area (Å²) in [6.07, 6.45) is 5.80. The Morgan fingerprint density at radius 1 is 1.05 bits per heavy atom. The van der Waals surface area contributed by atoms with Crippen LogP contribution in [0.4, 0.5) is 11.8 Å². The van der Waals surface area contributed by atoms with Gasteiger partial charge in [0, 0.05) is 23.5 Å². The van der Waals surface area contributed by atoms with Crippen molar-refractivity contribution in [1.82, 2.24) is 25.3 Å². The summed E-state index contributed by atoms with van der Waals surface area (Å²) in [7, 11) is 0. The smallest absolute Gasteiger partial charge is 0.228 e. The van der Waals surface area contributed by atoms with E-state index < -0.39 is 0 Å². The van der Waals surface area contributed by atoms with E-state index in [1.54, 1.807) is 6.20 Å². The van der Waals surface area contributed by atoms with Crippen LogP contribution in [0.1, 0.15) is 35.8 Å². The SMILES string of the molecule is Cc1cc(C)nc(Nc2cncc(C3CCNCC3)n2)n1. The van der Waals surface area contributed by atoms with Crippen molar-refractivity contribution in [2.24, 2.45) is 0 Å². The summed E-state index contributed by atoms with van der Waals surface area (Å²) in [5.74, 6) is 1.76. The fourth-order valence-corrected chi connectivity index (χ4v) is 2.65. The Morgan fingerprint density at radius 3 is 2.48 bits per heavy atom. The zero-order chi connectivity index (χ0) is 14.7. The highest BCUT2D eigenvalue weighted by Crippen LogP contribution is 2.24. The topological polar surface area (TPSA) is 75.6 Å². The van der Waals surface area contributed by atoms with Crippen LogP contribution in [-0.2, 0) is 0 Å². The predicted octanol–water partition coefficient (Wildman–Crippen LogP) is 2.09. The van der Waals surface area contributed by atoms with Crippen LogP contribution in [0.5, 0.6) is 0 Å². The van der Waals surface area contributed by atoms with Gasteiger partial charge in [-0.15, -0.1) is 0 Å². The lowest BCUT2D eigenvalue weighted by atomic mass is 9.95. The van der Waals surface area contributed by atoms with Crippen molar-refractivity contribution in [3.8, 4) is 0 Å². The van der Waals surface area contributed by atoms with Gasteiger partial charge < -0.3 is 10.6 Å². The van der Waals surface area contributed by atoms with Crippen molar-refractivity contribution in [2.75, 3.05) is 18.4 Å². The van der Waals surface area contributed by atoms with Gasteiger partial charge in [0.25, 0.3) is 0 Å². The molecule has 2 N–H and O–H groups in total. The van der Waals surface area contributed by atoms with Crippen molar-refractivity contribution in [3.63, 3.8) is 0 Å². The van der Waals surface area contributed by atoms with Crippen LogP contribution in [-0.4, -0.2) is 33.0 Å². The molecule has 3 heterocycles. The van der Waals surface area contributed by atoms with Gasteiger partial charge in [-0.2, -0.15) is 0 Å². The first-order valence-electron chi connectivity index (χ1n) is 7.33. The van der Waals surface area contributed by atoms with Crippen molar-refractivity contribution < 1.29 is 0 Å². The van der Waals surface area contributed by atoms with Crippen LogP contribution in [0.3, 0.4) is 0 Å². The van der Waals surface area contributed by atoms with E-state index in [-0.39, 0.29) is 0 Å². The second kappa shape index (κ2) is 6.13. The maximum atomic E-state index is 4.67. The Bertz CT molecular complexity index is 601. The van der Waals surface area contributed by atoms with E-state index in [0.29, 0.717) is 17.7 Å². The zero-order valence-corrected chi connectivity index (χ0v) is 12.4. The fraction of sp³-hybridized carbons (Fsp3) is 0.467. The molecule has 0 atom stereocenters. The Kier molecular flexibility index (Phi) is 4.06.